The second kappa shape index (κ2) is 4.04. The van der Waals surface area contributed by atoms with Gasteiger partial charge < -0.3 is 0 Å². The van der Waals surface area contributed by atoms with Crippen LogP contribution in [0, 0.1) is 29.1 Å². The Hall–Kier alpha value is -0.920. The average Bonchev–Trinajstić information content (AvgIpc) is 2.66. The minimum Gasteiger partial charge on any atom is -0.300 e. The summed E-state index contributed by atoms with van der Waals surface area (Å²) in [6.07, 6.45) is 9.15. The van der Waals surface area contributed by atoms with Crippen molar-refractivity contribution in [1.29, 1.82) is 0 Å². The number of ketones is 2. The van der Waals surface area contributed by atoms with Crippen LogP contribution in [0.25, 0.3) is 0 Å². The van der Waals surface area contributed by atoms with Crippen LogP contribution in [-0.2, 0) is 9.59 Å². The molecule has 3 rings (SSSR count). The van der Waals surface area contributed by atoms with E-state index in [0.29, 0.717) is 29.3 Å². The fraction of sp³-hybridized carbons (Fsp3) is 0.750. The molecule has 0 aromatic carbocycles. The average molecular weight is 246 g/mol. The Labute approximate surface area is 109 Å². The van der Waals surface area contributed by atoms with Crippen LogP contribution in [0.5, 0.6) is 0 Å². The summed E-state index contributed by atoms with van der Waals surface area (Å²) in [6, 6.07) is 0. The number of carbonyl (C=O) groups is 2. The molecule has 0 saturated heterocycles. The van der Waals surface area contributed by atoms with Crippen LogP contribution in [0.2, 0.25) is 0 Å². The third-order valence-electron chi connectivity index (χ3n) is 5.93. The molecule has 3 unspecified atom stereocenters. The van der Waals surface area contributed by atoms with Crippen LogP contribution in [0.4, 0.5) is 0 Å². The number of fused-ring (bicyclic) bond motifs is 3. The van der Waals surface area contributed by atoms with E-state index in [2.05, 4.69) is 13.0 Å². The fourth-order valence-corrected chi connectivity index (χ4v) is 5.02. The molecule has 2 fully saturated rings. The summed E-state index contributed by atoms with van der Waals surface area (Å²) in [5, 5.41) is 0. The van der Waals surface area contributed by atoms with Gasteiger partial charge in [-0.05, 0) is 61.9 Å². The van der Waals surface area contributed by atoms with Crippen LogP contribution < -0.4 is 0 Å². The van der Waals surface area contributed by atoms with Crippen molar-refractivity contribution in [2.24, 2.45) is 29.1 Å². The molecule has 0 radical (unpaired) electrons. The molecule has 0 N–H and O–H groups in total. The van der Waals surface area contributed by atoms with Crippen LogP contribution >= 0.6 is 0 Å². The summed E-state index contributed by atoms with van der Waals surface area (Å²) in [7, 11) is 0. The summed E-state index contributed by atoms with van der Waals surface area (Å²) >= 11 is 0. The third kappa shape index (κ3) is 1.61. The molecule has 0 aliphatic heterocycles. The van der Waals surface area contributed by atoms with Crippen molar-refractivity contribution >= 4 is 11.6 Å². The highest BCUT2D eigenvalue weighted by Gasteiger charge is 2.54. The zero-order chi connectivity index (χ0) is 12.9. The van der Waals surface area contributed by atoms with E-state index < -0.39 is 0 Å². The first kappa shape index (κ1) is 12.1. The van der Waals surface area contributed by atoms with E-state index in [4.69, 9.17) is 0 Å². The molecule has 3 aliphatic carbocycles. The van der Waals surface area contributed by atoms with Gasteiger partial charge in [0.25, 0.3) is 0 Å². The molecule has 2 saturated carbocycles. The minimum atomic E-state index is 0.192. The smallest absolute Gasteiger partial charge is 0.155 e. The van der Waals surface area contributed by atoms with Crippen molar-refractivity contribution in [3.63, 3.8) is 0 Å². The molecule has 2 nitrogen and oxygen atoms in total. The summed E-state index contributed by atoms with van der Waals surface area (Å²) < 4.78 is 0. The van der Waals surface area contributed by atoms with Crippen molar-refractivity contribution in [3.05, 3.63) is 12.2 Å². The van der Waals surface area contributed by atoms with Crippen molar-refractivity contribution in [2.45, 2.75) is 46.0 Å². The van der Waals surface area contributed by atoms with Crippen molar-refractivity contribution in [3.8, 4) is 0 Å². The second-order valence-corrected chi connectivity index (χ2v) is 6.76. The quantitative estimate of drug-likeness (QED) is 0.712. The van der Waals surface area contributed by atoms with E-state index in [1.165, 1.54) is 6.42 Å². The maximum absolute atomic E-state index is 11.8. The van der Waals surface area contributed by atoms with Crippen LogP contribution in [0.15, 0.2) is 12.2 Å². The predicted molar refractivity (Wildman–Crippen MR) is 70.0 cm³/mol. The van der Waals surface area contributed by atoms with E-state index in [0.717, 1.165) is 25.7 Å². The van der Waals surface area contributed by atoms with Gasteiger partial charge in [0.2, 0.25) is 0 Å². The van der Waals surface area contributed by atoms with Gasteiger partial charge in [-0.1, -0.05) is 13.0 Å². The van der Waals surface area contributed by atoms with Gasteiger partial charge in [0.05, 0.1) is 0 Å². The molecule has 0 amide bonds. The summed E-state index contributed by atoms with van der Waals surface area (Å²) in [6.45, 7) is 4.07. The molecule has 0 spiro atoms. The number of hydrogen-bond donors (Lipinski definition) is 0. The number of Topliss-reactive ketones (excluding diaryl/α,β-unsaturated/α-hetero) is 1. The Morgan fingerprint density at radius 2 is 2.11 bits per heavy atom. The molecule has 18 heavy (non-hydrogen) atoms. The van der Waals surface area contributed by atoms with Gasteiger partial charge in [-0.15, -0.1) is 0 Å². The summed E-state index contributed by atoms with van der Waals surface area (Å²) in [5.41, 5.74) is 0.192. The van der Waals surface area contributed by atoms with Crippen LogP contribution in [0.3, 0.4) is 0 Å². The third-order valence-corrected chi connectivity index (χ3v) is 5.93. The molecule has 0 bridgehead atoms. The van der Waals surface area contributed by atoms with Crippen LogP contribution in [-0.4, -0.2) is 11.6 Å². The largest absolute Gasteiger partial charge is 0.300 e. The van der Waals surface area contributed by atoms with E-state index in [1.807, 2.05) is 0 Å². The lowest BCUT2D eigenvalue weighted by Crippen LogP contribution is -2.43. The molecule has 3 aliphatic rings. The van der Waals surface area contributed by atoms with E-state index in [1.54, 1.807) is 13.0 Å². The Morgan fingerprint density at radius 1 is 1.33 bits per heavy atom. The molecule has 5 atom stereocenters. The number of carbonyl (C=O) groups excluding carboxylic acids is 2. The monoisotopic (exact) mass is 246 g/mol. The van der Waals surface area contributed by atoms with E-state index >= 15 is 0 Å². The number of allylic oxidation sites excluding steroid dienone is 2. The topological polar surface area (TPSA) is 34.1 Å². The predicted octanol–water partition coefficient (Wildman–Crippen LogP) is 3.16. The maximum atomic E-state index is 11.8. The standard InChI is InChI=1S/C16H22O2/c1-10(17)14-5-6-15-13-4-3-12(18)9-11(13)7-8-16(14,15)2/h3-4,11,13-15H,5-9H2,1-2H3/t11?,13?,14-,15?,16-/m0/s1. The first-order chi connectivity index (χ1) is 8.52. The molecule has 98 valence electrons. The highest BCUT2D eigenvalue weighted by atomic mass is 16.1. The summed E-state index contributed by atoms with van der Waals surface area (Å²) in [4.78, 5) is 23.4. The minimum absolute atomic E-state index is 0.192. The van der Waals surface area contributed by atoms with Crippen molar-refractivity contribution < 1.29 is 9.59 Å². The highest BCUT2D eigenvalue weighted by Crippen LogP contribution is 2.60. The lowest BCUT2D eigenvalue weighted by atomic mass is 9.56. The molecule has 0 aromatic rings. The first-order valence-corrected chi connectivity index (χ1v) is 7.24. The normalized spacial score (nSPS) is 46.7. The molecular weight excluding hydrogens is 224 g/mol. The lowest BCUT2D eigenvalue weighted by Gasteiger charge is -2.48. The molecule has 2 heteroatoms. The van der Waals surface area contributed by atoms with E-state index in [9.17, 15) is 9.59 Å². The molecule has 0 heterocycles. The Balaban J connectivity index is 1.91. The Kier molecular flexibility index (Phi) is 2.72. The zero-order valence-electron chi connectivity index (χ0n) is 11.3. The number of hydrogen-bond acceptors (Lipinski definition) is 2. The van der Waals surface area contributed by atoms with Gasteiger partial charge in [0.1, 0.15) is 5.78 Å². The van der Waals surface area contributed by atoms with Gasteiger partial charge in [0, 0.05) is 12.3 Å². The zero-order valence-corrected chi connectivity index (χ0v) is 11.3. The van der Waals surface area contributed by atoms with Gasteiger partial charge in [-0.2, -0.15) is 0 Å². The maximum Gasteiger partial charge on any atom is 0.155 e. The van der Waals surface area contributed by atoms with Gasteiger partial charge in [0.15, 0.2) is 5.78 Å². The second-order valence-electron chi connectivity index (χ2n) is 6.76. The summed E-state index contributed by atoms with van der Waals surface area (Å²) in [5.74, 6) is 2.64. The first-order valence-electron chi connectivity index (χ1n) is 7.24. The Morgan fingerprint density at radius 3 is 2.83 bits per heavy atom. The van der Waals surface area contributed by atoms with E-state index in [-0.39, 0.29) is 11.3 Å². The molecule has 0 aromatic heterocycles. The number of rotatable bonds is 1. The van der Waals surface area contributed by atoms with Gasteiger partial charge >= 0.3 is 0 Å². The van der Waals surface area contributed by atoms with Crippen molar-refractivity contribution in [1.82, 2.24) is 0 Å². The SMILES string of the molecule is CC(=O)[C@@H]1CCC2C3C=CC(=O)CC3CC[C@]21C. The highest BCUT2D eigenvalue weighted by molar-refractivity contribution is 5.90. The van der Waals surface area contributed by atoms with Gasteiger partial charge in [-0.25, -0.2) is 0 Å². The fourth-order valence-electron chi connectivity index (χ4n) is 5.02. The van der Waals surface area contributed by atoms with Crippen LogP contribution in [0.1, 0.15) is 46.0 Å². The molecular formula is C16H22O2. The Bertz CT molecular complexity index is 423. The van der Waals surface area contributed by atoms with Gasteiger partial charge in [-0.3, -0.25) is 9.59 Å². The van der Waals surface area contributed by atoms with Crippen molar-refractivity contribution in [2.75, 3.05) is 0 Å². The lowest BCUT2D eigenvalue weighted by molar-refractivity contribution is -0.127.